The van der Waals surface area contributed by atoms with E-state index in [1.165, 1.54) is 25.3 Å². The van der Waals surface area contributed by atoms with Gasteiger partial charge in [0, 0.05) is 13.0 Å². The highest BCUT2D eigenvalue weighted by molar-refractivity contribution is 7.92. The van der Waals surface area contributed by atoms with Crippen molar-refractivity contribution in [3.05, 3.63) is 53.4 Å². The Labute approximate surface area is 159 Å². The number of methoxy groups -OCH3 is 1. The summed E-state index contributed by atoms with van der Waals surface area (Å²) in [5, 5.41) is -0.866. The normalized spacial score (nSPS) is 23.3. The first kappa shape index (κ1) is 19.8. The third kappa shape index (κ3) is 4.30. The minimum absolute atomic E-state index is 0.120. The maximum absolute atomic E-state index is 13.5. The molecule has 1 aromatic carbocycles. The molecule has 1 heterocycles. The highest BCUT2D eigenvalue weighted by Gasteiger charge is 2.30. The number of hydrogen-bond donors (Lipinski definition) is 0. The number of hydrogen-bond acceptors (Lipinski definition) is 5. The van der Waals surface area contributed by atoms with Crippen LogP contribution in [0.1, 0.15) is 29.9 Å². The van der Waals surface area contributed by atoms with E-state index in [-0.39, 0.29) is 29.7 Å². The van der Waals surface area contributed by atoms with Gasteiger partial charge < -0.3 is 4.74 Å². The second kappa shape index (κ2) is 7.94. The summed E-state index contributed by atoms with van der Waals surface area (Å²) in [6.45, 7) is 3.71. The fourth-order valence-electron chi connectivity index (χ4n) is 3.76. The van der Waals surface area contributed by atoms with Crippen LogP contribution >= 0.6 is 0 Å². The number of esters is 1. The van der Waals surface area contributed by atoms with Gasteiger partial charge in [-0.15, -0.1) is 0 Å². The molecule has 0 spiro atoms. The molecule has 5 nitrogen and oxygen atoms in total. The monoisotopic (exact) mass is 393 g/mol. The van der Waals surface area contributed by atoms with E-state index < -0.39 is 20.9 Å². The molecule has 0 saturated carbocycles. The van der Waals surface area contributed by atoms with Crippen LogP contribution in [0.5, 0.6) is 0 Å². The summed E-state index contributed by atoms with van der Waals surface area (Å²) in [6, 6.07) is 5.15. The number of ether oxygens (including phenoxy) is 1. The minimum atomic E-state index is -3.63. The van der Waals surface area contributed by atoms with Gasteiger partial charge >= 0.3 is 5.97 Å². The number of benzene rings is 1. The topological polar surface area (TPSA) is 63.7 Å². The number of nitrogens with zero attached hydrogens (tertiary/aromatic N) is 1. The zero-order valence-electron chi connectivity index (χ0n) is 15.5. The lowest BCUT2D eigenvalue weighted by atomic mass is 9.94. The van der Waals surface area contributed by atoms with Crippen molar-refractivity contribution in [2.75, 3.05) is 26.7 Å². The summed E-state index contributed by atoms with van der Waals surface area (Å²) < 4.78 is 43.8. The summed E-state index contributed by atoms with van der Waals surface area (Å²) in [5.74, 6) is -0.423. The summed E-state index contributed by atoms with van der Waals surface area (Å²) in [6.07, 6.45) is 5.07. The van der Waals surface area contributed by atoms with Crippen LogP contribution in [0.15, 0.2) is 47.1 Å². The van der Waals surface area contributed by atoms with E-state index in [1.54, 1.807) is 12.1 Å². The second-order valence-electron chi connectivity index (χ2n) is 7.10. The molecule has 27 heavy (non-hydrogen) atoms. The molecule has 0 amide bonds. The van der Waals surface area contributed by atoms with Gasteiger partial charge in [0.15, 0.2) is 9.84 Å². The fourth-order valence-corrected chi connectivity index (χ4v) is 5.39. The predicted octanol–water partition coefficient (Wildman–Crippen LogP) is 2.91. The van der Waals surface area contributed by atoms with E-state index in [9.17, 15) is 17.6 Å². The molecule has 7 heteroatoms. The van der Waals surface area contributed by atoms with E-state index in [4.69, 9.17) is 4.74 Å². The van der Waals surface area contributed by atoms with Gasteiger partial charge in [-0.05, 0) is 55.1 Å². The summed E-state index contributed by atoms with van der Waals surface area (Å²) in [5.41, 5.74) is 1.99. The lowest BCUT2D eigenvalue weighted by Gasteiger charge is -2.19. The molecular formula is C20H24FNO4S. The van der Waals surface area contributed by atoms with Gasteiger partial charge in [-0.3, -0.25) is 9.69 Å². The molecule has 1 saturated heterocycles. The SMILES string of the molecule is COC(=O)CN1CCC(c2ccc(S(=O)(=O)C3C=CC=C(F)C3)cc2C)C1. The number of carbonyl (C=O) groups excluding carboxylic acids is 1. The molecule has 1 aromatic rings. The Bertz CT molecular complexity index is 891. The largest absolute Gasteiger partial charge is 0.468 e. The maximum Gasteiger partial charge on any atom is 0.319 e. The predicted molar refractivity (Wildman–Crippen MR) is 101 cm³/mol. The van der Waals surface area contributed by atoms with Crippen LogP contribution in [0.3, 0.4) is 0 Å². The highest BCUT2D eigenvalue weighted by Crippen LogP contribution is 2.32. The molecule has 2 unspecified atom stereocenters. The minimum Gasteiger partial charge on any atom is -0.468 e. The zero-order chi connectivity index (χ0) is 19.6. The first-order valence-corrected chi connectivity index (χ1v) is 10.5. The smallest absolute Gasteiger partial charge is 0.319 e. The van der Waals surface area contributed by atoms with Gasteiger partial charge in [0.1, 0.15) is 5.83 Å². The molecule has 3 rings (SSSR count). The first-order valence-electron chi connectivity index (χ1n) is 8.97. The van der Waals surface area contributed by atoms with Crippen molar-refractivity contribution in [2.24, 2.45) is 0 Å². The molecule has 0 N–H and O–H groups in total. The van der Waals surface area contributed by atoms with Crippen LogP contribution in [0.4, 0.5) is 4.39 Å². The van der Waals surface area contributed by atoms with Crippen LogP contribution in [-0.2, 0) is 19.4 Å². The summed E-state index contributed by atoms with van der Waals surface area (Å²) >= 11 is 0. The Balaban J connectivity index is 1.76. The first-order chi connectivity index (χ1) is 12.8. The summed E-state index contributed by atoms with van der Waals surface area (Å²) in [4.78, 5) is 13.7. The van der Waals surface area contributed by atoms with Gasteiger partial charge in [-0.25, -0.2) is 12.8 Å². The second-order valence-corrected chi connectivity index (χ2v) is 9.27. The zero-order valence-corrected chi connectivity index (χ0v) is 16.3. The van der Waals surface area contributed by atoms with Crippen LogP contribution in [0.2, 0.25) is 0 Å². The average molecular weight is 393 g/mol. The number of carbonyl (C=O) groups is 1. The van der Waals surface area contributed by atoms with E-state index in [1.807, 2.05) is 17.9 Å². The lowest BCUT2D eigenvalue weighted by molar-refractivity contribution is -0.141. The fraction of sp³-hybridized carbons (Fsp3) is 0.450. The molecule has 2 atom stereocenters. The number of likely N-dealkylation sites (tertiary alicyclic amines) is 1. The number of allylic oxidation sites excluding steroid dienone is 3. The van der Waals surface area contributed by atoms with Crippen molar-refractivity contribution in [3.8, 4) is 0 Å². The number of sulfone groups is 1. The van der Waals surface area contributed by atoms with E-state index in [0.29, 0.717) is 0 Å². The van der Waals surface area contributed by atoms with Gasteiger partial charge in [0.2, 0.25) is 0 Å². The molecule has 146 valence electrons. The lowest BCUT2D eigenvalue weighted by Crippen LogP contribution is -2.28. The molecule has 2 aliphatic rings. The molecule has 0 radical (unpaired) electrons. The Hall–Kier alpha value is -1.99. The quantitative estimate of drug-likeness (QED) is 0.720. The van der Waals surface area contributed by atoms with E-state index in [0.717, 1.165) is 30.6 Å². The standard InChI is InChI=1S/C20H24FNO4S/c1-14-10-18(27(24,25)17-5-3-4-16(21)11-17)6-7-19(14)15-8-9-22(12-15)13-20(23)26-2/h3-7,10,15,17H,8-9,11-13H2,1-2H3. The molecular weight excluding hydrogens is 369 g/mol. The van der Waals surface area contributed by atoms with E-state index in [2.05, 4.69) is 0 Å². The van der Waals surface area contributed by atoms with Crippen molar-refractivity contribution >= 4 is 15.8 Å². The van der Waals surface area contributed by atoms with E-state index >= 15 is 0 Å². The van der Waals surface area contributed by atoms with Crippen molar-refractivity contribution < 1.29 is 22.3 Å². The van der Waals surface area contributed by atoms with Crippen molar-refractivity contribution in [2.45, 2.75) is 35.8 Å². The number of rotatable bonds is 5. The summed E-state index contributed by atoms with van der Waals surface area (Å²) in [7, 11) is -2.25. The van der Waals surface area contributed by atoms with Gasteiger partial charge in [0.25, 0.3) is 0 Å². The number of aryl methyl sites for hydroxylation is 1. The van der Waals surface area contributed by atoms with Gasteiger partial charge in [0.05, 0.1) is 23.8 Å². The van der Waals surface area contributed by atoms with Crippen molar-refractivity contribution in [3.63, 3.8) is 0 Å². The van der Waals surface area contributed by atoms with Crippen LogP contribution < -0.4 is 0 Å². The van der Waals surface area contributed by atoms with Gasteiger partial charge in [-0.1, -0.05) is 18.2 Å². The van der Waals surface area contributed by atoms with Crippen LogP contribution in [-0.4, -0.2) is 51.3 Å². The number of halogens is 1. The Morgan fingerprint density at radius 1 is 1.37 bits per heavy atom. The molecule has 1 aliphatic heterocycles. The van der Waals surface area contributed by atoms with Crippen molar-refractivity contribution in [1.29, 1.82) is 0 Å². The third-order valence-corrected chi connectivity index (χ3v) is 7.29. The molecule has 0 aromatic heterocycles. The highest BCUT2D eigenvalue weighted by atomic mass is 32.2. The van der Waals surface area contributed by atoms with Crippen molar-refractivity contribution in [1.82, 2.24) is 4.90 Å². The molecule has 0 bridgehead atoms. The average Bonchev–Trinajstić information content (AvgIpc) is 3.09. The van der Waals surface area contributed by atoms with Gasteiger partial charge in [-0.2, -0.15) is 0 Å². The Morgan fingerprint density at radius 3 is 2.81 bits per heavy atom. The van der Waals surface area contributed by atoms with Crippen LogP contribution in [0, 0.1) is 6.92 Å². The maximum atomic E-state index is 13.5. The molecule has 1 fully saturated rings. The third-order valence-electron chi connectivity index (χ3n) is 5.26. The Morgan fingerprint density at radius 2 is 2.15 bits per heavy atom. The molecule has 1 aliphatic carbocycles. The van der Waals surface area contributed by atoms with Crippen LogP contribution in [0.25, 0.3) is 0 Å². The Kier molecular flexibility index (Phi) is 5.81.